The van der Waals surface area contributed by atoms with E-state index in [1.54, 1.807) is 13.0 Å². The zero-order chi connectivity index (χ0) is 17.7. The highest BCUT2D eigenvalue weighted by Gasteiger charge is 2.30. The summed E-state index contributed by atoms with van der Waals surface area (Å²) in [6.07, 6.45) is -4.40. The maximum absolute atomic E-state index is 12.7. The van der Waals surface area contributed by atoms with Gasteiger partial charge in [-0.15, -0.1) is 0 Å². The van der Waals surface area contributed by atoms with Crippen molar-refractivity contribution in [3.8, 4) is 0 Å². The highest BCUT2D eigenvalue weighted by molar-refractivity contribution is 5.74. The van der Waals surface area contributed by atoms with Gasteiger partial charge in [0.1, 0.15) is 0 Å². The molecule has 0 aliphatic carbocycles. The van der Waals surface area contributed by atoms with E-state index in [0.29, 0.717) is 12.1 Å². The number of carbonyl (C=O) groups is 1. The maximum atomic E-state index is 12.7. The Morgan fingerprint density at radius 3 is 2.50 bits per heavy atom. The number of nitrogens with one attached hydrogen (secondary N) is 2. The minimum absolute atomic E-state index is 0.355. The van der Waals surface area contributed by atoms with Crippen molar-refractivity contribution in [2.24, 2.45) is 0 Å². The first-order valence-corrected chi connectivity index (χ1v) is 7.53. The van der Waals surface area contributed by atoms with Crippen LogP contribution in [-0.2, 0) is 12.7 Å². The van der Waals surface area contributed by atoms with Crippen LogP contribution in [0.4, 0.5) is 18.0 Å². The molecule has 2 amide bonds. The van der Waals surface area contributed by atoms with E-state index in [-0.39, 0.29) is 0 Å². The summed E-state index contributed by atoms with van der Waals surface area (Å²) in [6, 6.07) is 11.6. The molecule has 1 unspecified atom stereocenters. The van der Waals surface area contributed by atoms with Crippen LogP contribution < -0.4 is 10.6 Å². The highest BCUT2D eigenvalue weighted by Crippen LogP contribution is 2.30. The zero-order valence-electron chi connectivity index (χ0n) is 13.4. The zero-order valence-corrected chi connectivity index (χ0v) is 13.4. The van der Waals surface area contributed by atoms with Crippen LogP contribution >= 0.6 is 0 Å². The van der Waals surface area contributed by atoms with Gasteiger partial charge in [0.15, 0.2) is 0 Å². The summed E-state index contributed by atoms with van der Waals surface area (Å²) < 4.78 is 38.2. The van der Waals surface area contributed by atoms with Crippen molar-refractivity contribution in [3.05, 3.63) is 70.8 Å². The Morgan fingerprint density at radius 1 is 1.12 bits per heavy atom. The largest absolute Gasteiger partial charge is 0.416 e. The molecule has 0 spiro atoms. The number of rotatable bonds is 4. The molecule has 0 saturated heterocycles. The minimum atomic E-state index is -4.40. The van der Waals surface area contributed by atoms with Crippen molar-refractivity contribution >= 4 is 6.03 Å². The van der Waals surface area contributed by atoms with Gasteiger partial charge in [0.25, 0.3) is 0 Å². The number of hydrogen-bond acceptors (Lipinski definition) is 1. The number of aryl methyl sites for hydroxylation is 1. The van der Waals surface area contributed by atoms with E-state index >= 15 is 0 Å². The molecule has 2 N–H and O–H groups in total. The van der Waals surface area contributed by atoms with Gasteiger partial charge in [-0.2, -0.15) is 13.2 Å². The standard InChI is InChI=1S/C18H19F3N2O/c1-12-6-3-4-7-15(12)11-22-17(24)23-13(2)14-8-5-9-16(10-14)18(19,20)21/h3-10,13H,11H2,1-2H3,(H2,22,23,24). The molecule has 2 rings (SSSR count). The normalized spacial score (nSPS) is 12.5. The monoisotopic (exact) mass is 336 g/mol. The Bertz CT molecular complexity index is 713. The van der Waals surface area contributed by atoms with Gasteiger partial charge in [0, 0.05) is 6.54 Å². The molecule has 0 bridgehead atoms. The lowest BCUT2D eigenvalue weighted by atomic mass is 10.1. The van der Waals surface area contributed by atoms with Crippen molar-refractivity contribution in [3.63, 3.8) is 0 Å². The fraction of sp³-hybridized carbons (Fsp3) is 0.278. The van der Waals surface area contributed by atoms with Gasteiger partial charge >= 0.3 is 12.2 Å². The van der Waals surface area contributed by atoms with Crippen molar-refractivity contribution in [1.29, 1.82) is 0 Å². The number of hydrogen-bond donors (Lipinski definition) is 2. The number of urea groups is 1. The van der Waals surface area contributed by atoms with Crippen molar-refractivity contribution in [2.75, 3.05) is 0 Å². The van der Waals surface area contributed by atoms with E-state index in [9.17, 15) is 18.0 Å². The van der Waals surface area contributed by atoms with Crippen LogP contribution in [-0.4, -0.2) is 6.03 Å². The van der Waals surface area contributed by atoms with E-state index in [4.69, 9.17) is 0 Å². The molecule has 128 valence electrons. The predicted molar refractivity (Wildman–Crippen MR) is 86.4 cm³/mol. The molecule has 2 aromatic rings. The summed E-state index contributed by atoms with van der Waals surface area (Å²) >= 11 is 0. The molecule has 0 aromatic heterocycles. The average molecular weight is 336 g/mol. The first-order valence-electron chi connectivity index (χ1n) is 7.53. The van der Waals surface area contributed by atoms with Crippen LogP contribution in [0, 0.1) is 6.92 Å². The molecule has 1 atom stereocenters. The van der Waals surface area contributed by atoms with Crippen LogP contribution in [0.5, 0.6) is 0 Å². The van der Waals surface area contributed by atoms with Crippen LogP contribution in [0.1, 0.15) is 35.2 Å². The van der Waals surface area contributed by atoms with Gasteiger partial charge in [-0.3, -0.25) is 0 Å². The van der Waals surface area contributed by atoms with Gasteiger partial charge in [0.2, 0.25) is 0 Å². The van der Waals surface area contributed by atoms with E-state index in [0.717, 1.165) is 23.3 Å². The lowest BCUT2D eigenvalue weighted by molar-refractivity contribution is -0.137. The number of alkyl halides is 3. The summed E-state index contributed by atoms with van der Waals surface area (Å²) in [5.74, 6) is 0. The van der Waals surface area contributed by atoms with Crippen molar-refractivity contribution < 1.29 is 18.0 Å². The molecule has 2 aromatic carbocycles. The van der Waals surface area contributed by atoms with Crippen molar-refractivity contribution in [1.82, 2.24) is 10.6 Å². The van der Waals surface area contributed by atoms with E-state index in [2.05, 4.69) is 10.6 Å². The molecule has 0 fully saturated rings. The van der Waals surface area contributed by atoms with Gasteiger partial charge in [0.05, 0.1) is 11.6 Å². The van der Waals surface area contributed by atoms with Gasteiger partial charge in [-0.05, 0) is 42.7 Å². The molecular weight excluding hydrogens is 317 g/mol. The average Bonchev–Trinajstić information content (AvgIpc) is 2.53. The first-order chi connectivity index (χ1) is 11.3. The number of amides is 2. The predicted octanol–water partition coefficient (Wildman–Crippen LogP) is 4.57. The van der Waals surface area contributed by atoms with Crippen LogP contribution in [0.15, 0.2) is 48.5 Å². The smallest absolute Gasteiger partial charge is 0.334 e. The SMILES string of the molecule is Cc1ccccc1CNC(=O)NC(C)c1cccc(C(F)(F)F)c1. The van der Waals surface area contributed by atoms with Crippen LogP contribution in [0.3, 0.4) is 0 Å². The second-order valence-electron chi connectivity index (χ2n) is 5.60. The van der Waals surface area contributed by atoms with Gasteiger partial charge in [-0.1, -0.05) is 36.4 Å². The topological polar surface area (TPSA) is 41.1 Å². The Balaban J connectivity index is 1.95. The summed E-state index contributed by atoms with van der Waals surface area (Å²) in [4.78, 5) is 11.9. The molecule has 0 aliphatic rings. The maximum Gasteiger partial charge on any atom is 0.416 e. The second-order valence-corrected chi connectivity index (χ2v) is 5.60. The third-order valence-electron chi connectivity index (χ3n) is 3.76. The van der Waals surface area contributed by atoms with Gasteiger partial charge in [-0.25, -0.2) is 4.79 Å². The molecule has 0 radical (unpaired) electrons. The lowest BCUT2D eigenvalue weighted by Crippen LogP contribution is -2.36. The molecule has 3 nitrogen and oxygen atoms in total. The Kier molecular flexibility index (Phi) is 5.49. The Morgan fingerprint density at radius 2 is 1.83 bits per heavy atom. The molecule has 0 heterocycles. The second kappa shape index (κ2) is 7.38. The van der Waals surface area contributed by atoms with E-state index in [1.165, 1.54) is 6.07 Å². The number of halogens is 3. The fourth-order valence-electron chi connectivity index (χ4n) is 2.30. The fourth-order valence-corrected chi connectivity index (χ4v) is 2.30. The van der Waals surface area contributed by atoms with Gasteiger partial charge < -0.3 is 10.6 Å². The Hall–Kier alpha value is -2.50. The highest BCUT2D eigenvalue weighted by atomic mass is 19.4. The molecule has 0 saturated carbocycles. The Labute approximate surface area is 138 Å². The molecule has 0 aliphatic heterocycles. The molecular formula is C18H19F3N2O. The van der Waals surface area contributed by atoms with Crippen molar-refractivity contribution in [2.45, 2.75) is 32.6 Å². The summed E-state index contributed by atoms with van der Waals surface area (Å²) in [6.45, 7) is 3.94. The molecule has 24 heavy (non-hydrogen) atoms. The summed E-state index contributed by atoms with van der Waals surface area (Å²) in [5.41, 5.74) is 1.72. The third kappa shape index (κ3) is 4.75. The lowest BCUT2D eigenvalue weighted by Gasteiger charge is -2.17. The number of benzene rings is 2. The van der Waals surface area contributed by atoms with Crippen LogP contribution in [0.2, 0.25) is 0 Å². The quantitative estimate of drug-likeness (QED) is 0.843. The molecule has 6 heteroatoms. The third-order valence-corrected chi connectivity index (χ3v) is 3.76. The number of carbonyl (C=O) groups excluding carboxylic acids is 1. The summed E-state index contributed by atoms with van der Waals surface area (Å²) in [5, 5.41) is 5.36. The van der Waals surface area contributed by atoms with E-state index < -0.39 is 23.8 Å². The first kappa shape index (κ1) is 17.8. The summed E-state index contributed by atoms with van der Waals surface area (Å²) in [7, 11) is 0. The minimum Gasteiger partial charge on any atom is -0.334 e. The van der Waals surface area contributed by atoms with Crippen LogP contribution in [0.25, 0.3) is 0 Å². The van der Waals surface area contributed by atoms with E-state index in [1.807, 2.05) is 31.2 Å².